The molecule has 4 N–H and O–H groups in total. The normalized spacial score (nSPS) is 15.1. The number of nitroso groups, excluding NO2 is 1. The van der Waals surface area contributed by atoms with Crippen molar-refractivity contribution >= 4 is 35.3 Å². The lowest BCUT2D eigenvalue weighted by Crippen LogP contribution is -2.34. The molecule has 0 radical (unpaired) electrons. The van der Waals surface area contributed by atoms with Crippen LogP contribution in [0.1, 0.15) is 12.0 Å². The fraction of sp³-hybridized carbons (Fsp3) is 0.474. The topological polar surface area (TPSA) is 313 Å². The molecular weight excluding hydrogens is 546 g/mol. The average Bonchev–Trinajstić information content (AvgIpc) is 3.44. The number of anilines is 2. The van der Waals surface area contributed by atoms with Gasteiger partial charge in [-0.05, 0) is 34.6 Å². The van der Waals surface area contributed by atoms with Gasteiger partial charge in [0.1, 0.15) is 11.3 Å². The molecule has 1 unspecified atom stereocenters. The minimum atomic E-state index is -1.46. The number of nitrogens with zero attached hydrogens (tertiary/aromatic N) is 14. The van der Waals surface area contributed by atoms with Crippen molar-refractivity contribution in [1.82, 2.24) is 5.32 Å². The van der Waals surface area contributed by atoms with E-state index < -0.39 is 11.4 Å². The Labute approximate surface area is 229 Å². The number of nitrogens with one attached hydrogen (secondary N) is 2. The minimum Gasteiger partial charge on any atom is -0.491 e. The zero-order valence-corrected chi connectivity index (χ0v) is 21.6. The molecule has 1 atom stereocenters. The van der Waals surface area contributed by atoms with Crippen molar-refractivity contribution in [2.24, 2.45) is 30.6 Å². The van der Waals surface area contributed by atoms with Crippen LogP contribution >= 0.6 is 11.8 Å². The number of azide groups is 4. The summed E-state index contributed by atoms with van der Waals surface area (Å²) in [6.07, 6.45) is 2.93. The first-order valence-electron chi connectivity index (χ1n) is 11.3. The number of amides is 1. The molecule has 1 aromatic rings. The molecule has 1 heterocycles. The second kappa shape index (κ2) is 16.5. The van der Waals surface area contributed by atoms with Crippen LogP contribution in [0, 0.1) is 4.91 Å². The van der Waals surface area contributed by atoms with Crippen molar-refractivity contribution in [1.29, 1.82) is 0 Å². The van der Waals surface area contributed by atoms with E-state index in [1.54, 1.807) is 0 Å². The van der Waals surface area contributed by atoms with Crippen LogP contribution in [0.5, 0.6) is 5.75 Å². The first-order chi connectivity index (χ1) is 19.4. The highest BCUT2D eigenvalue weighted by atomic mass is 32.2. The van der Waals surface area contributed by atoms with E-state index in [1.165, 1.54) is 36.3 Å². The summed E-state index contributed by atoms with van der Waals surface area (Å²) < 4.78 is 5.65. The second-order valence-corrected chi connectivity index (χ2v) is 9.05. The van der Waals surface area contributed by atoms with Crippen molar-refractivity contribution in [3.8, 4) is 5.75 Å². The summed E-state index contributed by atoms with van der Waals surface area (Å²) in [5.74, 6) is -0.252. The highest BCUT2D eigenvalue weighted by Gasteiger charge is 2.30. The quantitative estimate of drug-likeness (QED) is 0.0455. The maximum Gasteiger partial charge on any atom is 0.263 e. The second-order valence-electron chi connectivity index (χ2n) is 7.81. The number of aliphatic imine (C=N–C) groups is 1. The summed E-state index contributed by atoms with van der Waals surface area (Å²) in [7, 11) is 0. The van der Waals surface area contributed by atoms with Gasteiger partial charge in [-0.15, -0.1) is 0 Å². The fourth-order valence-corrected chi connectivity index (χ4v) is 4.03. The maximum absolute atomic E-state index is 12.9. The first-order valence-corrected chi connectivity index (χ1v) is 12.2. The minimum absolute atomic E-state index is 0.0180. The van der Waals surface area contributed by atoms with Crippen LogP contribution in [0.2, 0.25) is 0 Å². The Morgan fingerprint density at radius 1 is 1.10 bits per heavy atom. The van der Waals surface area contributed by atoms with Gasteiger partial charge < -0.3 is 21.1 Å². The number of thioether (sulfide) groups is 1. The number of carbonyl (C=O) groups is 1. The number of rotatable bonds is 17. The number of carbonyl (C=O) groups excluding carboxylic acids is 1. The number of benzene rings is 1. The predicted octanol–water partition coefficient (Wildman–Crippen LogP) is 4.65. The summed E-state index contributed by atoms with van der Waals surface area (Å²) in [6.45, 7) is -0.387. The van der Waals surface area contributed by atoms with Crippen LogP contribution in [0.15, 0.2) is 53.9 Å². The zero-order chi connectivity index (χ0) is 29.2. The van der Waals surface area contributed by atoms with Crippen LogP contribution in [-0.4, -0.2) is 62.4 Å². The number of ether oxygens (including phenoxy) is 1. The van der Waals surface area contributed by atoms with E-state index in [2.05, 4.69) is 60.9 Å². The molecule has 0 fully saturated rings. The Morgan fingerprint density at radius 3 is 2.45 bits per heavy atom. The monoisotopic (exact) mass is 569 g/mol. The van der Waals surface area contributed by atoms with Crippen LogP contribution in [0.25, 0.3) is 41.8 Å². The van der Waals surface area contributed by atoms with Gasteiger partial charge in [-0.2, -0.15) is 4.91 Å². The Hall–Kier alpha value is -5.31. The fourth-order valence-electron chi connectivity index (χ4n) is 3.15. The molecule has 1 aliphatic heterocycles. The number of hydrogen-bond donors (Lipinski definition) is 3. The van der Waals surface area contributed by atoms with Crippen molar-refractivity contribution in [2.75, 3.05) is 50.4 Å². The van der Waals surface area contributed by atoms with Gasteiger partial charge in [0.05, 0.1) is 48.8 Å². The molecule has 21 heteroatoms. The van der Waals surface area contributed by atoms with Gasteiger partial charge in [0.2, 0.25) is 0 Å². The van der Waals surface area contributed by atoms with E-state index in [0.717, 1.165) is 0 Å². The lowest BCUT2D eigenvalue weighted by atomic mass is 9.97. The lowest BCUT2D eigenvalue weighted by Gasteiger charge is -2.20. The maximum atomic E-state index is 12.9. The molecule has 0 bridgehead atoms. The van der Waals surface area contributed by atoms with E-state index in [4.69, 9.17) is 32.6 Å². The molecular formula is C19H23N17O3S. The molecule has 1 aromatic carbocycles. The number of nitrogens with two attached hydrogens (primary N) is 1. The molecule has 2 rings (SSSR count). The standard InChI is InChI=1S/C19H23N17O3S/c20-13-6-15(39-4-3-27-33-21)14(31-18(37)16-8-26-17(40-16)9-28-34-22)5-12(13)7-25-2-1-19(32-38,10-29-35-23)11-30-36-24/h5-8,17,26H,1-4,9-11,20H2,(H,31,37). The largest absolute Gasteiger partial charge is 0.491 e. The van der Waals surface area contributed by atoms with Crippen LogP contribution in [0.3, 0.4) is 0 Å². The van der Waals surface area contributed by atoms with Crippen molar-refractivity contribution in [3.05, 3.63) is 75.5 Å². The molecule has 0 spiro atoms. The van der Waals surface area contributed by atoms with Gasteiger partial charge in [-0.3, -0.25) is 9.79 Å². The Bertz CT molecular complexity index is 1320. The van der Waals surface area contributed by atoms with Crippen molar-refractivity contribution in [2.45, 2.75) is 17.3 Å². The van der Waals surface area contributed by atoms with Crippen LogP contribution < -0.4 is 21.1 Å². The Balaban J connectivity index is 2.23. The van der Waals surface area contributed by atoms with Gasteiger partial charge in [-0.25, -0.2) is 0 Å². The third kappa shape index (κ3) is 9.53. The summed E-state index contributed by atoms with van der Waals surface area (Å²) >= 11 is 1.18. The third-order valence-corrected chi connectivity index (χ3v) is 6.26. The van der Waals surface area contributed by atoms with E-state index in [1.807, 2.05) is 0 Å². The van der Waals surface area contributed by atoms with E-state index in [9.17, 15) is 9.70 Å². The van der Waals surface area contributed by atoms with E-state index in [0.29, 0.717) is 10.5 Å². The van der Waals surface area contributed by atoms with E-state index >= 15 is 0 Å². The Morgan fingerprint density at radius 2 is 1.80 bits per heavy atom. The SMILES string of the molecule is [N-]=[N+]=NCCOc1cc(N)c(C=NCCC(CN=[N+]=[N-])(CN=[N+]=[N-])N=O)cc1NC(=O)C1=CNC(CN=[N+]=[N-])S1. The van der Waals surface area contributed by atoms with Crippen LogP contribution in [-0.2, 0) is 4.79 Å². The lowest BCUT2D eigenvalue weighted by molar-refractivity contribution is -0.112. The molecule has 1 amide bonds. The summed E-state index contributed by atoms with van der Waals surface area (Å²) in [4.78, 5) is 39.5. The number of hydrogen-bond acceptors (Lipinski definition) is 12. The van der Waals surface area contributed by atoms with Crippen LogP contribution in [0.4, 0.5) is 11.4 Å². The van der Waals surface area contributed by atoms with Gasteiger partial charge in [0.15, 0.2) is 0 Å². The predicted molar refractivity (Wildman–Crippen MR) is 149 cm³/mol. The zero-order valence-electron chi connectivity index (χ0n) is 20.8. The first kappa shape index (κ1) is 30.9. The summed E-state index contributed by atoms with van der Waals surface area (Å²) in [5.41, 5.74) is 39.7. The van der Waals surface area contributed by atoms with Crippen molar-refractivity contribution in [3.63, 3.8) is 0 Å². The molecule has 20 nitrogen and oxygen atoms in total. The smallest absolute Gasteiger partial charge is 0.263 e. The summed E-state index contributed by atoms with van der Waals surface area (Å²) in [6, 6.07) is 2.99. The molecule has 0 aromatic heterocycles. The third-order valence-electron chi connectivity index (χ3n) is 5.14. The molecule has 0 aliphatic carbocycles. The highest BCUT2D eigenvalue weighted by Crippen LogP contribution is 2.33. The van der Waals surface area contributed by atoms with Gasteiger partial charge in [0.25, 0.3) is 5.91 Å². The van der Waals surface area contributed by atoms with Gasteiger partial charge in [0, 0.05) is 55.9 Å². The Kier molecular flexibility index (Phi) is 12.8. The average molecular weight is 570 g/mol. The molecule has 1 aliphatic rings. The summed E-state index contributed by atoms with van der Waals surface area (Å²) in [5, 5.41) is 22.0. The molecule has 208 valence electrons. The van der Waals surface area contributed by atoms with E-state index in [-0.39, 0.29) is 68.2 Å². The molecule has 0 saturated heterocycles. The van der Waals surface area contributed by atoms with Gasteiger partial charge in [-0.1, -0.05) is 37.4 Å². The molecule has 40 heavy (non-hydrogen) atoms. The molecule has 0 saturated carbocycles. The highest BCUT2D eigenvalue weighted by molar-refractivity contribution is 8.04. The number of nitrogen functional groups attached to an aromatic ring is 1. The van der Waals surface area contributed by atoms with Crippen molar-refractivity contribution < 1.29 is 9.53 Å². The van der Waals surface area contributed by atoms with Gasteiger partial charge >= 0.3 is 0 Å².